The lowest BCUT2D eigenvalue weighted by Gasteiger charge is -2.13. The van der Waals surface area contributed by atoms with Gasteiger partial charge in [-0.25, -0.2) is 4.98 Å². The first kappa shape index (κ1) is 21.4. The number of thioether (sulfide) groups is 1. The van der Waals surface area contributed by atoms with E-state index in [0.717, 1.165) is 11.8 Å². The van der Waals surface area contributed by atoms with E-state index < -0.39 is 0 Å². The van der Waals surface area contributed by atoms with Gasteiger partial charge in [0, 0.05) is 0 Å². The Morgan fingerprint density at radius 2 is 1.97 bits per heavy atom. The number of anilines is 1. The van der Waals surface area contributed by atoms with Crippen LogP contribution in [0.15, 0.2) is 64.7 Å². The number of H-pyrrole nitrogens is 1. The summed E-state index contributed by atoms with van der Waals surface area (Å²) in [6.07, 6.45) is 1.44. The molecule has 0 bridgehead atoms. The molecule has 0 spiro atoms. The zero-order valence-electron chi connectivity index (χ0n) is 17.5. The smallest absolute Gasteiger partial charge is 0.269 e. The summed E-state index contributed by atoms with van der Waals surface area (Å²) in [5.74, 6) is 1.05. The van der Waals surface area contributed by atoms with Crippen LogP contribution in [0.5, 0.6) is 11.5 Å². The zero-order valence-corrected chi connectivity index (χ0v) is 18.3. The normalized spacial score (nSPS) is 10.8. The number of aromatic nitrogens is 4. The molecule has 0 radical (unpaired) electrons. The molecule has 4 aromatic rings. The van der Waals surface area contributed by atoms with Gasteiger partial charge >= 0.3 is 0 Å². The largest absolute Gasteiger partial charge is 0.495 e. The van der Waals surface area contributed by atoms with Crippen molar-refractivity contribution in [3.8, 4) is 17.2 Å². The van der Waals surface area contributed by atoms with Crippen molar-refractivity contribution in [2.45, 2.75) is 12.1 Å². The highest BCUT2D eigenvalue weighted by molar-refractivity contribution is 7.99. The highest BCUT2D eigenvalue weighted by Crippen LogP contribution is 2.25. The third-order valence-corrected chi connectivity index (χ3v) is 5.51. The van der Waals surface area contributed by atoms with Crippen LogP contribution in [-0.4, -0.2) is 45.1 Å². The number of para-hydroxylation sites is 2. The monoisotopic (exact) mass is 451 g/mol. The van der Waals surface area contributed by atoms with Crippen LogP contribution in [0.3, 0.4) is 0 Å². The van der Waals surface area contributed by atoms with Crippen LogP contribution in [-0.2, 0) is 4.79 Å². The molecule has 10 heteroatoms. The topological polar surface area (TPSA) is 111 Å². The van der Waals surface area contributed by atoms with Gasteiger partial charge in [-0.2, -0.15) is 5.10 Å². The lowest BCUT2D eigenvalue weighted by atomic mass is 10.3. The van der Waals surface area contributed by atoms with Gasteiger partial charge in [-0.15, -0.1) is 0 Å². The number of nitrogens with one attached hydrogen (secondary N) is 2. The Morgan fingerprint density at radius 3 is 2.72 bits per heavy atom. The molecule has 0 saturated carbocycles. The van der Waals surface area contributed by atoms with Crippen molar-refractivity contribution < 1.29 is 14.3 Å². The van der Waals surface area contributed by atoms with Gasteiger partial charge in [0.25, 0.3) is 5.56 Å². The molecule has 2 heterocycles. The molecule has 0 saturated heterocycles. The number of carbonyl (C=O) groups is 1. The Balaban J connectivity index is 1.62. The van der Waals surface area contributed by atoms with Gasteiger partial charge in [0.15, 0.2) is 10.8 Å². The summed E-state index contributed by atoms with van der Waals surface area (Å²) in [5, 5.41) is 10.2. The fourth-order valence-corrected chi connectivity index (χ4v) is 3.93. The fraction of sp³-hybridized carbons (Fsp3) is 0.182. The number of methoxy groups -OCH3 is 1. The van der Waals surface area contributed by atoms with E-state index in [1.165, 1.54) is 10.8 Å². The molecule has 9 nitrogen and oxygen atoms in total. The zero-order chi connectivity index (χ0) is 22.5. The van der Waals surface area contributed by atoms with Crippen LogP contribution in [0.25, 0.3) is 16.7 Å². The molecule has 0 aliphatic carbocycles. The van der Waals surface area contributed by atoms with Gasteiger partial charge in [0.1, 0.15) is 16.9 Å². The minimum atomic E-state index is -0.277. The van der Waals surface area contributed by atoms with Gasteiger partial charge in [-0.3, -0.25) is 19.3 Å². The quantitative estimate of drug-likeness (QED) is 0.312. The average molecular weight is 452 g/mol. The molecular weight excluding hydrogens is 430 g/mol. The second-order valence-electron chi connectivity index (χ2n) is 6.63. The molecule has 1 amide bonds. The highest BCUT2D eigenvalue weighted by atomic mass is 32.2. The van der Waals surface area contributed by atoms with Crippen molar-refractivity contribution in [2.24, 2.45) is 0 Å². The summed E-state index contributed by atoms with van der Waals surface area (Å²) in [7, 11) is 1.54. The first-order valence-corrected chi connectivity index (χ1v) is 10.8. The van der Waals surface area contributed by atoms with Crippen molar-refractivity contribution in [3.05, 3.63) is 65.1 Å². The number of hydrogen-bond donors (Lipinski definition) is 2. The van der Waals surface area contributed by atoms with Crippen LogP contribution in [0.1, 0.15) is 6.92 Å². The first-order chi connectivity index (χ1) is 15.6. The summed E-state index contributed by atoms with van der Waals surface area (Å²) in [6, 6.07) is 14.3. The standard InChI is InChI=1S/C22H21N5O4S/c1-3-31-15-10-8-14(9-11-15)27-21(29)16-12-23-26-20(16)25-22(27)32-13-19(28)24-17-6-4-5-7-18(17)30-2/h4-12H,3,13H2,1-2H3,(H,23,26)(H,24,28). The van der Waals surface area contributed by atoms with Crippen LogP contribution < -0.4 is 20.3 Å². The summed E-state index contributed by atoms with van der Waals surface area (Å²) < 4.78 is 12.2. The molecule has 2 N–H and O–H groups in total. The second kappa shape index (κ2) is 9.56. The number of hydrogen-bond acceptors (Lipinski definition) is 7. The highest BCUT2D eigenvalue weighted by Gasteiger charge is 2.16. The van der Waals surface area contributed by atoms with E-state index in [4.69, 9.17) is 9.47 Å². The van der Waals surface area contributed by atoms with Crippen LogP contribution in [0.2, 0.25) is 0 Å². The molecule has 0 aliphatic heterocycles. The maximum atomic E-state index is 13.1. The van der Waals surface area contributed by atoms with Crippen LogP contribution in [0.4, 0.5) is 5.69 Å². The van der Waals surface area contributed by atoms with Gasteiger partial charge in [-0.05, 0) is 43.3 Å². The van der Waals surface area contributed by atoms with Crippen molar-refractivity contribution in [2.75, 3.05) is 24.8 Å². The maximum absolute atomic E-state index is 13.1. The lowest BCUT2D eigenvalue weighted by molar-refractivity contribution is -0.113. The molecule has 2 aromatic heterocycles. The Morgan fingerprint density at radius 1 is 1.19 bits per heavy atom. The van der Waals surface area contributed by atoms with Crippen LogP contribution >= 0.6 is 11.8 Å². The van der Waals surface area contributed by atoms with Gasteiger partial charge in [0.2, 0.25) is 5.91 Å². The minimum Gasteiger partial charge on any atom is -0.495 e. The summed E-state index contributed by atoms with van der Waals surface area (Å²) in [6.45, 7) is 2.45. The number of amides is 1. The fourth-order valence-electron chi connectivity index (χ4n) is 3.12. The number of aromatic amines is 1. The average Bonchev–Trinajstić information content (AvgIpc) is 3.28. The SMILES string of the molecule is CCOc1ccc(-n2c(SCC(=O)Nc3ccccc3OC)nc3[nH]ncc3c2=O)cc1. The Kier molecular flexibility index (Phi) is 6.41. The molecule has 0 fully saturated rings. The summed E-state index contributed by atoms with van der Waals surface area (Å²) in [4.78, 5) is 30.2. The third-order valence-electron chi connectivity index (χ3n) is 4.57. The number of carbonyl (C=O) groups excluding carboxylic acids is 1. The third kappa shape index (κ3) is 4.45. The van der Waals surface area contributed by atoms with Crippen LogP contribution in [0, 0.1) is 0 Å². The number of nitrogens with zero attached hydrogens (tertiary/aromatic N) is 3. The lowest BCUT2D eigenvalue weighted by Crippen LogP contribution is -2.22. The van der Waals surface area contributed by atoms with Gasteiger partial charge in [0.05, 0.1) is 37.0 Å². The van der Waals surface area contributed by atoms with E-state index in [1.807, 2.05) is 19.1 Å². The van der Waals surface area contributed by atoms with Crippen molar-refractivity contribution >= 4 is 34.4 Å². The minimum absolute atomic E-state index is 0.0428. The van der Waals surface area contributed by atoms with E-state index in [1.54, 1.807) is 43.5 Å². The van der Waals surface area contributed by atoms with Gasteiger partial charge in [-0.1, -0.05) is 23.9 Å². The second-order valence-corrected chi connectivity index (χ2v) is 7.57. The van der Waals surface area contributed by atoms with E-state index in [2.05, 4.69) is 20.5 Å². The summed E-state index contributed by atoms with van der Waals surface area (Å²) in [5.41, 5.74) is 1.27. The number of ether oxygens (including phenoxy) is 2. The molecule has 2 aromatic carbocycles. The number of rotatable bonds is 8. The van der Waals surface area contributed by atoms with E-state index in [9.17, 15) is 9.59 Å². The summed E-state index contributed by atoms with van der Waals surface area (Å²) >= 11 is 1.15. The van der Waals surface area contributed by atoms with Crippen molar-refractivity contribution in [3.63, 3.8) is 0 Å². The van der Waals surface area contributed by atoms with E-state index in [-0.39, 0.29) is 17.2 Å². The Hall–Kier alpha value is -3.79. The molecule has 4 rings (SSSR count). The van der Waals surface area contributed by atoms with Gasteiger partial charge < -0.3 is 14.8 Å². The molecule has 0 atom stereocenters. The predicted molar refractivity (Wildman–Crippen MR) is 123 cm³/mol. The number of fused-ring (bicyclic) bond motifs is 1. The number of benzene rings is 2. The first-order valence-electron chi connectivity index (χ1n) is 9.85. The van der Waals surface area contributed by atoms with E-state index in [0.29, 0.717) is 45.7 Å². The van der Waals surface area contributed by atoms with E-state index >= 15 is 0 Å². The van der Waals surface area contributed by atoms with Crippen molar-refractivity contribution in [1.29, 1.82) is 0 Å². The van der Waals surface area contributed by atoms with Crippen molar-refractivity contribution in [1.82, 2.24) is 19.7 Å². The molecule has 0 unspecified atom stereocenters. The molecule has 32 heavy (non-hydrogen) atoms. The Labute approximate surface area is 187 Å². The Bertz CT molecular complexity index is 1300. The molecular formula is C22H21N5O4S. The molecule has 0 aliphatic rings. The predicted octanol–water partition coefficient (Wildman–Crippen LogP) is 3.25. The maximum Gasteiger partial charge on any atom is 0.269 e. The molecule has 164 valence electrons.